The summed E-state index contributed by atoms with van der Waals surface area (Å²) < 4.78 is 0. The van der Waals surface area contributed by atoms with E-state index in [1.54, 1.807) is 12.4 Å². The number of aromatic amines is 1. The quantitative estimate of drug-likeness (QED) is 0.713. The first-order chi connectivity index (χ1) is 6.34. The van der Waals surface area contributed by atoms with Gasteiger partial charge >= 0.3 is 0 Å². The molecule has 2 heterocycles. The molecule has 4 nitrogen and oxygen atoms in total. The standard InChI is InChI=1S/C9H10N4/c10-8-5-12-9(13-6-8)3-7-1-2-11-4-7/h1-2,4-6,11H,3,10H2. The van der Waals surface area contributed by atoms with E-state index < -0.39 is 0 Å². The average molecular weight is 174 g/mol. The van der Waals surface area contributed by atoms with E-state index >= 15 is 0 Å². The van der Waals surface area contributed by atoms with Crippen molar-refractivity contribution in [3.8, 4) is 0 Å². The van der Waals surface area contributed by atoms with Gasteiger partial charge < -0.3 is 10.7 Å². The molecule has 0 amide bonds. The Labute approximate surface area is 75.8 Å². The minimum atomic E-state index is 0.595. The molecule has 0 spiro atoms. The summed E-state index contributed by atoms with van der Waals surface area (Å²) in [5, 5.41) is 0. The molecule has 0 atom stereocenters. The van der Waals surface area contributed by atoms with Gasteiger partial charge in [0.2, 0.25) is 0 Å². The Morgan fingerprint density at radius 3 is 2.69 bits per heavy atom. The number of hydrogen-bond donors (Lipinski definition) is 2. The van der Waals surface area contributed by atoms with E-state index in [0.717, 1.165) is 12.2 Å². The molecule has 0 unspecified atom stereocenters. The summed E-state index contributed by atoms with van der Waals surface area (Å²) in [6.45, 7) is 0. The molecular formula is C9H10N4. The summed E-state index contributed by atoms with van der Waals surface area (Å²) >= 11 is 0. The molecule has 66 valence electrons. The molecule has 0 saturated heterocycles. The lowest BCUT2D eigenvalue weighted by molar-refractivity contribution is 0.972. The molecule has 0 aliphatic carbocycles. The normalized spacial score (nSPS) is 10.2. The van der Waals surface area contributed by atoms with Gasteiger partial charge in [-0.2, -0.15) is 0 Å². The number of hydrogen-bond acceptors (Lipinski definition) is 3. The molecule has 0 saturated carbocycles. The van der Waals surface area contributed by atoms with Gasteiger partial charge in [0.1, 0.15) is 5.82 Å². The van der Waals surface area contributed by atoms with E-state index in [1.165, 1.54) is 5.56 Å². The fourth-order valence-electron chi connectivity index (χ4n) is 1.11. The first-order valence-corrected chi connectivity index (χ1v) is 4.02. The molecule has 4 heteroatoms. The minimum Gasteiger partial charge on any atom is -0.396 e. The molecule has 0 radical (unpaired) electrons. The van der Waals surface area contributed by atoms with Crippen molar-refractivity contribution in [2.24, 2.45) is 0 Å². The Hall–Kier alpha value is -1.84. The number of H-pyrrole nitrogens is 1. The average Bonchev–Trinajstić information content (AvgIpc) is 2.62. The molecule has 0 aliphatic heterocycles. The predicted molar refractivity (Wildman–Crippen MR) is 50.0 cm³/mol. The molecule has 2 rings (SSSR count). The van der Waals surface area contributed by atoms with Crippen LogP contribution in [0, 0.1) is 0 Å². The van der Waals surface area contributed by atoms with Gasteiger partial charge in [-0.25, -0.2) is 9.97 Å². The molecule has 2 aromatic heterocycles. The van der Waals surface area contributed by atoms with Crippen molar-refractivity contribution in [1.29, 1.82) is 0 Å². The SMILES string of the molecule is Nc1cnc(Cc2cc[nH]c2)nc1. The fraction of sp³-hybridized carbons (Fsp3) is 0.111. The molecule has 2 aromatic rings. The minimum absolute atomic E-state index is 0.595. The number of nitrogens with one attached hydrogen (secondary N) is 1. The van der Waals surface area contributed by atoms with Crippen molar-refractivity contribution in [3.05, 3.63) is 42.2 Å². The lowest BCUT2D eigenvalue weighted by atomic mass is 10.2. The van der Waals surface area contributed by atoms with Crippen LogP contribution in [0.25, 0.3) is 0 Å². The third kappa shape index (κ3) is 1.84. The Balaban J connectivity index is 2.15. The monoisotopic (exact) mass is 174 g/mol. The van der Waals surface area contributed by atoms with Crippen LogP contribution in [0.5, 0.6) is 0 Å². The Bertz CT molecular complexity index is 363. The second-order valence-electron chi connectivity index (χ2n) is 2.83. The highest BCUT2D eigenvalue weighted by molar-refractivity contribution is 5.30. The highest BCUT2D eigenvalue weighted by atomic mass is 14.9. The van der Waals surface area contributed by atoms with E-state index in [-0.39, 0.29) is 0 Å². The number of aromatic nitrogens is 3. The van der Waals surface area contributed by atoms with Crippen LogP contribution in [0.3, 0.4) is 0 Å². The highest BCUT2D eigenvalue weighted by Crippen LogP contribution is 2.04. The first-order valence-electron chi connectivity index (χ1n) is 4.02. The maximum absolute atomic E-state index is 5.47. The lowest BCUT2D eigenvalue weighted by Gasteiger charge is -1.96. The van der Waals surface area contributed by atoms with Crippen molar-refractivity contribution >= 4 is 5.69 Å². The number of nitrogens with zero attached hydrogens (tertiary/aromatic N) is 2. The molecule has 3 N–H and O–H groups in total. The zero-order valence-electron chi connectivity index (χ0n) is 7.07. The van der Waals surface area contributed by atoms with Crippen LogP contribution >= 0.6 is 0 Å². The summed E-state index contributed by atoms with van der Waals surface area (Å²) in [4.78, 5) is 11.2. The van der Waals surface area contributed by atoms with Crippen molar-refractivity contribution in [1.82, 2.24) is 15.0 Å². The van der Waals surface area contributed by atoms with Gasteiger partial charge in [-0.1, -0.05) is 0 Å². The Morgan fingerprint density at radius 2 is 2.08 bits per heavy atom. The smallest absolute Gasteiger partial charge is 0.132 e. The lowest BCUT2D eigenvalue weighted by Crippen LogP contribution is -1.96. The van der Waals surface area contributed by atoms with Gasteiger partial charge in [0, 0.05) is 18.8 Å². The van der Waals surface area contributed by atoms with Crippen LogP contribution in [-0.4, -0.2) is 15.0 Å². The number of anilines is 1. The summed E-state index contributed by atoms with van der Waals surface area (Å²) in [6, 6.07) is 2.00. The zero-order valence-corrected chi connectivity index (χ0v) is 7.07. The predicted octanol–water partition coefficient (Wildman–Crippen LogP) is 0.978. The second-order valence-corrected chi connectivity index (χ2v) is 2.83. The van der Waals surface area contributed by atoms with Crippen LogP contribution in [0.2, 0.25) is 0 Å². The van der Waals surface area contributed by atoms with Crippen molar-refractivity contribution in [2.45, 2.75) is 6.42 Å². The fourth-order valence-corrected chi connectivity index (χ4v) is 1.11. The van der Waals surface area contributed by atoms with Crippen LogP contribution in [0.1, 0.15) is 11.4 Å². The number of nitrogen functional groups attached to an aromatic ring is 1. The van der Waals surface area contributed by atoms with Crippen LogP contribution in [0.15, 0.2) is 30.9 Å². The summed E-state index contributed by atoms with van der Waals surface area (Å²) in [5.74, 6) is 0.786. The van der Waals surface area contributed by atoms with Crippen LogP contribution in [-0.2, 0) is 6.42 Å². The topological polar surface area (TPSA) is 67.6 Å². The molecule has 0 aromatic carbocycles. The highest BCUT2D eigenvalue weighted by Gasteiger charge is 1.98. The summed E-state index contributed by atoms with van der Waals surface area (Å²) in [5.41, 5.74) is 7.24. The molecule has 0 bridgehead atoms. The summed E-state index contributed by atoms with van der Waals surface area (Å²) in [7, 11) is 0. The molecule has 0 aliphatic rings. The van der Waals surface area contributed by atoms with Crippen LogP contribution < -0.4 is 5.73 Å². The van der Waals surface area contributed by atoms with Crippen molar-refractivity contribution in [3.63, 3.8) is 0 Å². The van der Waals surface area contributed by atoms with Gasteiger partial charge in [-0.05, 0) is 11.6 Å². The van der Waals surface area contributed by atoms with E-state index in [0.29, 0.717) is 5.69 Å². The van der Waals surface area contributed by atoms with Gasteiger partial charge in [-0.15, -0.1) is 0 Å². The molecule has 0 fully saturated rings. The van der Waals surface area contributed by atoms with Crippen molar-refractivity contribution < 1.29 is 0 Å². The second kappa shape index (κ2) is 3.26. The van der Waals surface area contributed by atoms with Gasteiger partial charge in [0.15, 0.2) is 0 Å². The third-order valence-corrected chi connectivity index (χ3v) is 1.75. The van der Waals surface area contributed by atoms with E-state index in [2.05, 4.69) is 15.0 Å². The molecule has 13 heavy (non-hydrogen) atoms. The van der Waals surface area contributed by atoms with E-state index in [4.69, 9.17) is 5.73 Å². The van der Waals surface area contributed by atoms with Gasteiger partial charge in [-0.3, -0.25) is 0 Å². The zero-order chi connectivity index (χ0) is 9.10. The molecular weight excluding hydrogens is 164 g/mol. The van der Waals surface area contributed by atoms with Gasteiger partial charge in [0.05, 0.1) is 18.1 Å². The van der Waals surface area contributed by atoms with Crippen molar-refractivity contribution in [2.75, 3.05) is 5.73 Å². The first kappa shape index (κ1) is 7.79. The Morgan fingerprint density at radius 1 is 1.31 bits per heavy atom. The van der Waals surface area contributed by atoms with E-state index in [9.17, 15) is 0 Å². The van der Waals surface area contributed by atoms with Crippen LogP contribution in [0.4, 0.5) is 5.69 Å². The Kier molecular flexibility index (Phi) is 1.96. The third-order valence-electron chi connectivity index (χ3n) is 1.75. The number of rotatable bonds is 2. The maximum atomic E-state index is 5.47. The largest absolute Gasteiger partial charge is 0.396 e. The number of nitrogens with two attached hydrogens (primary N) is 1. The van der Waals surface area contributed by atoms with Gasteiger partial charge in [0.25, 0.3) is 0 Å². The summed E-state index contributed by atoms with van der Waals surface area (Å²) in [6.07, 6.45) is 7.79. The van der Waals surface area contributed by atoms with E-state index in [1.807, 2.05) is 18.5 Å². The maximum Gasteiger partial charge on any atom is 0.132 e.